The molecule has 3 nitrogen and oxygen atoms in total. The zero-order valence-corrected chi connectivity index (χ0v) is 9.69. The summed E-state index contributed by atoms with van der Waals surface area (Å²) in [7, 11) is 0. The molecule has 3 aliphatic rings. The number of aliphatic hydroxyl groups excluding tert-OH is 1. The summed E-state index contributed by atoms with van der Waals surface area (Å²) in [5.41, 5.74) is 0. The number of hydrogen-bond donors (Lipinski definition) is 2. The maximum atomic E-state index is 12.0. The minimum absolute atomic E-state index is 0.225. The van der Waals surface area contributed by atoms with E-state index < -0.39 is 0 Å². The smallest absolute Gasteiger partial charge is 0.223 e. The molecule has 0 radical (unpaired) electrons. The van der Waals surface area contributed by atoms with Crippen molar-refractivity contribution in [3.05, 3.63) is 0 Å². The molecule has 4 atom stereocenters. The van der Waals surface area contributed by atoms with Gasteiger partial charge in [0.2, 0.25) is 5.91 Å². The van der Waals surface area contributed by atoms with Crippen LogP contribution in [-0.2, 0) is 4.79 Å². The number of carbonyl (C=O) groups is 1. The van der Waals surface area contributed by atoms with Gasteiger partial charge < -0.3 is 10.4 Å². The lowest BCUT2D eigenvalue weighted by atomic mass is 10.0. The fourth-order valence-electron chi connectivity index (χ4n) is 3.93. The Kier molecular flexibility index (Phi) is 2.66. The van der Waals surface area contributed by atoms with Gasteiger partial charge in [-0.2, -0.15) is 0 Å². The molecule has 16 heavy (non-hydrogen) atoms. The zero-order chi connectivity index (χ0) is 11.1. The molecule has 3 rings (SSSR count). The van der Waals surface area contributed by atoms with Gasteiger partial charge in [0.25, 0.3) is 0 Å². The van der Waals surface area contributed by atoms with Crippen molar-refractivity contribution in [1.29, 1.82) is 0 Å². The second kappa shape index (κ2) is 4.02. The van der Waals surface area contributed by atoms with Crippen LogP contribution < -0.4 is 5.32 Å². The summed E-state index contributed by atoms with van der Waals surface area (Å²) in [6.45, 7) is 0.225. The van der Waals surface area contributed by atoms with Crippen LogP contribution in [0.4, 0.5) is 0 Å². The topological polar surface area (TPSA) is 49.3 Å². The van der Waals surface area contributed by atoms with Gasteiger partial charge in [-0.3, -0.25) is 4.79 Å². The number of aliphatic hydroxyl groups is 1. The van der Waals surface area contributed by atoms with Gasteiger partial charge in [0.1, 0.15) is 0 Å². The SMILES string of the molecule is O=C(NC1CCCC1CO)C1C2CCCC21. The second-order valence-corrected chi connectivity index (χ2v) is 5.77. The van der Waals surface area contributed by atoms with Crippen molar-refractivity contribution in [1.82, 2.24) is 5.32 Å². The number of rotatable bonds is 3. The van der Waals surface area contributed by atoms with Crippen molar-refractivity contribution < 1.29 is 9.90 Å². The number of hydrogen-bond acceptors (Lipinski definition) is 2. The number of nitrogens with one attached hydrogen (secondary N) is 1. The fraction of sp³-hybridized carbons (Fsp3) is 0.923. The lowest BCUT2D eigenvalue weighted by Crippen LogP contribution is -2.40. The van der Waals surface area contributed by atoms with Crippen LogP contribution in [0.25, 0.3) is 0 Å². The molecule has 3 saturated carbocycles. The normalized spacial score (nSPS) is 45.4. The first kappa shape index (κ1) is 10.6. The van der Waals surface area contributed by atoms with Gasteiger partial charge in [-0.25, -0.2) is 0 Å². The lowest BCUT2D eigenvalue weighted by molar-refractivity contribution is -0.124. The van der Waals surface area contributed by atoms with Gasteiger partial charge in [0, 0.05) is 24.5 Å². The maximum Gasteiger partial charge on any atom is 0.223 e. The lowest BCUT2D eigenvalue weighted by Gasteiger charge is -2.19. The molecule has 0 aliphatic heterocycles. The molecule has 0 bridgehead atoms. The number of carbonyl (C=O) groups excluding carboxylic acids is 1. The summed E-state index contributed by atoms with van der Waals surface area (Å²) >= 11 is 0. The van der Waals surface area contributed by atoms with Gasteiger partial charge in [-0.1, -0.05) is 12.8 Å². The Hall–Kier alpha value is -0.570. The number of amides is 1. The first-order valence-electron chi connectivity index (χ1n) is 6.72. The molecule has 0 aromatic rings. The molecular formula is C13H21NO2. The Morgan fingerprint density at radius 1 is 1.12 bits per heavy atom. The van der Waals surface area contributed by atoms with E-state index in [1.165, 1.54) is 19.3 Å². The minimum atomic E-state index is 0.225. The highest BCUT2D eigenvalue weighted by atomic mass is 16.3. The van der Waals surface area contributed by atoms with Gasteiger partial charge >= 0.3 is 0 Å². The summed E-state index contributed by atoms with van der Waals surface area (Å²) in [6, 6.07) is 0.249. The van der Waals surface area contributed by atoms with Gasteiger partial charge in [-0.15, -0.1) is 0 Å². The third-order valence-corrected chi connectivity index (χ3v) is 4.93. The van der Waals surface area contributed by atoms with Crippen LogP contribution in [0.3, 0.4) is 0 Å². The molecule has 3 heteroatoms. The third-order valence-electron chi connectivity index (χ3n) is 4.93. The largest absolute Gasteiger partial charge is 0.396 e. The van der Waals surface area contributed by atoms with E-state index in [4.69, 9.17) is 0 Å². The summed E-state index contributed by atoms with van der Waals surface area (Å²) < 4.78 is 0. The average Bonchev–Trinajstić information content (AvgIpc) is 2.71. The van der Waals surface area contributed by atoms with E-state index in [2.05, 4.69) is 5.32 Å². The van der Waals surface area contributed by atoms with Crippen molar-refractivity contribution in [2.75, 3.05) is 6.61 Å². The van der Waals surface area contributed by atoms with Crippen LogP contribution in [0.15, 0.2) is 0 Å². The van der Waals surface area contributed by atoms with E-state index in [1.807, 2.05) is 0 Å². The molecule has 0 saturated heterocycles. The predicted octanol–water partition coefficient (Wildman–Crippen LogP) is 1.31. The highest BCUT2D eigenvalue weighted by molar-refractivity contribution is 5.82. The Labute approximate surface area is 96.6 Å². The molecule has 90 valence electrons. The molecule has 0 spiro atoms. The maximum absolute atomic E-state index is 12.0. The summed E-state index contributed by atoms with van der Waals surface area (Å²) in [5.74, 6) is 2.32. The van der Waals surface area contributed by atoms with Crippen molar-refractivity contribution in [2.45, 2.75) is 44.6 Å². The van der Waals surface area contributed by atoms with Crippen molar-refractivity contribution in [2.24, 2.45) is 23.7 Å². The van der Waals surface area contributed by atoms with Crippen LogP contribution >= 0.6 is 0 Å². The molecule has 0 aromatic carbocycles. The van der Waals surface area contributed by atoms with Crippen LogP contribution in [0.1, 0.15) is 38.5 Å². The van der Waals surface area contributed by atoms with Crippen LogP contribution in [0.5, 0.6) is 0 Å². The fourth-order valence-corrected chi connectivity index (χ4v) is 3.93. The molecule has 0 aromatic heterocycles. The Balaban J connectivity index is 1.53. The van der Waals surface area contributed by atoms with Crippen molar-refractivity contribution in [3.63, 3.8) is 0 Å². The Morgan fingerprint density at radius 2 is 1.81 bits per heavy atom. The second-order valence-electron chi connectivity index (χ2n) is 5.77. The highest BCUT2D eigenvalue weighted by Gasteiger charge is 2.56. The molecular weight excluding hydrogens is 202 g/mol. The van der Waals surface area contributed by atoms with Gasteiger partial charge in [0.05, 0.1) is 0 Å². The first-order valence-corrected chi connectivity index (χ1v) is 6.72. The van der Waals surface area contributed by atoms with E-state index in [0.717, 1.165) is 19.3 Å². The van der Waals surface area contributed by atoms with E-state index >= 15 is 0 Å². The molecule has 2 N–H and O–H groups in total. The summed E-state index contributed by atoms with van der Waals surface area (Å²) in [5, 5.41) is 12.4. The minimum Gasteiger partial charge on any atom is -0.396 e. The van der Waals surface area contributed by atoms with Crippen molar-refractivity contribution >= 4 is 5.91 Å². The molecule has 0 heterocycles. The molecule has 1 amide bonds. The van der Waals surface area contributed by atoms with Gasteiger partial charge in [0.15, 0.2) is 0 Å². The zero-order valence-electron chi connectivity index (χ0n) is 9.69. The summed E-state index contributed by atoms with van der Waals surface area (Å²) in [4.78, 5) is 12.0. The van der Waals surface area contributed by atoms with Crippen LogP contribution in [0.2, 0.25) is 0 Å². The average molecular weight is 223 g/mol. The number of fused-ring (bicyclic) bond motifs is 1. The molecule has 3 fully saturated rings. The van der Waals surface area contributed by atoms with Gasteiger partial charge in [-0.05, 0) is 37.5 Å². The predicted molar refractivity (Wildman–Crippen MR) is 60.7 cm³/mol. The molecule has 4 unspecified atom stereocenters. The quantitative estimate of drug-likeness (QED) is 0.758. The first-order chi connectivity index (χ1) is 7.81. The van der Waals surface area contributed by atoms with E-state index in [0.29, 0.717) is 23.7 Å². The Morgan fingerprint density at radius 3 is 2.50 bits per heavy atom. The Bertz CT molecular complexity index is 282. The van der Waals surface area contributed by atoms with Crippen molar-refractivity contribution in [3.8, 4) is 0 Å². The monoisotopic (exact) mass is 223 g/mol. The van der Waals surface area contributed by atoms with E-state index in [1.54, 1.807) is 0 Å². The summed E-state index contributed by atoms with van der Waals surface area (Å²) in [6.07, 6.45) is 7.11. The van der Waals surface area contributed by atoms with E-state index in [-0.39, 0.29) is 18.6 Å². The standard InChI is InChI=1S/C13H21NO2/c15-7-8-3-1-6-11(8)14-13(16)12-9-4-2-5-10(9)12/h8-12,15H,1-7H2,(H,14,16). The molecule has 3 aliphatic carbocycles. The van der Waals surface area contributed by atoms with E-state index in [9.17, 15) is 9.90 Å². The van der Waals surface area contributed by atoms with Crippen LogP contribution in [0, 0.1) is 23.7 Å². The van der Waals surface area contributed by atoms with Crippen LogP contribution in [-0.4, -0.2) is 23.7 Å². The third kappa shape index (κ3) is 1.65. The highest BCUT2D eigenvalue weighted by Crippen LogP contribution is 2.57.